The van der Waals surface area contributed by atoms with Gasteiger partial charge in [-0.3, -0.25) is 9.69 Å². The minimum atomic E-state index is -0.777. The van der Waals surface area contributed by atoms with E-state index in [0.717, 1.165) is 12.3 Å². The molecule has 1 rings (SSSR count). The first kappa shape index (κ1) is 15.7. The molecule has 1 aromatic heterocycles. The van der Waals surface area contributed by atoms with Crippen LogP contribution in [0.3, 0.4) is 0 Å². The summed E-state index contributed by atoms with van der Waals surface area (Å²) in [5.41, 5.74) is -0.0589. The van der Waals surface area contributed by atoms with Crippen molar-refractivity contribution >= 4 is 5.97 Å². The molecule has 0 bridgehead atoms. The zero-order valence-corrected chi connectivity index (χ0v) is 12.4. The molecule has 0 radical (unpaired) electrons. The monoisotopic (exact) mass is 268 g/mol. The van der Waals surface area contributed by atoms with Crippen LogP contribution in [0.5, 0.6) is 0 Å². The highest BCUT2D eigenvalue weighted by Crippen LogP contribution is 2.23. The molecule has 0 amide bonds. The third-order valence-corrected chi connectivity index (χ3v) is 3.05. The van der Waals surface area contributed by atoms with Gasteiger partial charge in [-0.05, 0) is 6.54 Å². The maximum atomic E-state index is 10.9. The number of hydrogen-bond donors (Lipinski definition) is 1. The third-order valence-electron chi connectivity index (χ3n) is 3.05. The van der Waals surface area contributed by atoms with E-state index in [0.29, 0.717) is 19.0 Å². The van der Waals surface area contributed by atoms with Gasteiger partial charge in [0.25, 0.3) is 0 Å². The predicted octanol–water partition coefficient (Wildman–Crippen LogP) is 2.51. The summed E-state index contributed by atoms with van der Waals surface area (Å²) in [6, 6.07) is 0. The zero-order chi connectivity index (χ0) is 14.6. The van der Waals surface area contributed by atoms with E-state index in [-0.39, 0.29) is 5.41 Å². The van der Waals surface area contributed by atoms with Crippen molar-refractivity contribution in [3.05, 3.63) is 17.8 Å². The SMILES string of the molecule is CCN(Cc1ncc(C(C)(C)C)o1)CC(C)C(=O)O. The lowest BCUT2D eigenvalue weighted by atomic mass is 9.94. The molecule has 0 aromatic carbocycles. The molecule has 5 nitrogen and oxygen atoms in total. The van der Waals surface area contributed by atoms with Crippen molar-refractivity contribution in [2.75, 3.05) is 13.1 Å². The van der Waals surface area contributed by atoms with E-state index in [1.807, 2.05) is 11.8 Å². The Morgan fingerprint density at radius 2 is 2.16 bits per heavy atom. The van der Waals surface area contributed by atoms with E-state index in [9.17, 15) is 4.79 Å². The second-order valence-corrected chi connectivity index (χ2v) is 5.94. The molecule has 1 atom stereocenters. The van der Waals surface area contributed by atoms with Crippen molar-refractivity contribution in [3.8, 4) is 0 Å². The molecule has 0 fully saturated rings. The summed E-state index contributed by atoms with van der Waals surface area (Å²) < 4.78 is 5.72. The lowest BCUT2D eigenvalue weighted by molar-refractivity contribution is -0.141. The Morgan fingerprint density at radius 1 is 1.53 bits per heavy atom. The molecule has 5 heteroatoms. The van der Waals surface area contributed by atoms with Crippen LogP contribution < -0.4 is 0 Å². The van der Waals surface area contributed by atoms with Gasteiger partial charge in [0.1, 0.15) is 5.76 Å². The average Bonchev–Trinajstić information content (AvgIpc) is 2.76. The Bertz CT molecular complexity index is 421. The Balaban J connectivity index is 2.66. The number of nitrogens with zero attached hydrogens (tertiary/aromatic N) is 2. The fraction of sp³-hybridized carbons (Fsp3) is 0.714. The molecule has 0 aliphatic rings. The van der Waals surface area contributed by atoms with Gasteiger partial charge in [0.05, 0.1) is 18.7 Å². The van der Waals surface area contributed by atoms with E-state index in [2.05, 4.69) is 25.8 Å². The van der Waals surface area contributed by atoms with Gasteiger partial charge < -0.3 is 9.52 Å². The third kappa shape index (κ3) is 4.67. The summed E-state index contributed by atoms with van der Waals surface area (Å²) in [6.07, 6.45) is 1.75. The topological polar surface area (TPSA) is 66.6 Å². The largest absolute Gasteiger partial charge is 0.481 e. The summed E-state index contributed by atoms with van der Waals surface area (Å²) in [4.78, 5) is 17.2. The van der Waals surface area contributed by atoms with E-state index in [1.165, 1.54) is 0 Å². The molecule has 1 N–H and O–H groups in total. The van der Waals surface area contributed by atoms with Gasteiger partial charge in [0.2, 0.25) is 5.89 Å². The lowest BCUT2D eigenvalue weighted by Crippen LogP contribution is -2.31. The molecule has 0 saturated carbocycles. The number of carbonyl (C=O) groups is 1. The van der Waals surface area contributed by atoms with Gasteiger partial charge in [-0.15, -0.1) is 0 Å². The number of aromatic nitrogens is 1. The first-order chi connectivity index (χ1) is 8.74. The van der Waals surface area contributed by atoms with Crippen LogP contribution in [0.1, 0.15) is 46.3 Å². The molecule has 1 heterocycles. The number of aliphatic carboxylic acids is 1. The Morgan fingerprint density at radius 3 is 2.58 bits per heavy atom. The summed E-state index contributed by atoms with van der Waals surface area (Å²) in [5, 5.41) is 8.94. The molecular formula is C14H24N2O3. The van der Waals surface area contributed by atoms with Crippen molar-refractivity contribution in [2.24, 2.45) is 5.92 Å². The van der Waals surface area contributed by atoms with Crippen molar-refractivity contribution in [1.29, 1.82) is 0 Å². The second-order valence-electron chi connectivity index (χ2n) is 5.94. The number of rotatable bonds is 6. The van der Waals surface area contributed by atoms with Gasteiger partial charge in [0.15, 0.2) is 0 Å². The van der Waals surface area contributed by atoms with Gasteiger partial charge in [-0.2, -0.15) is 0 Å². The molecule has 1 unspecified atom stereocenters. The second kappa shape index (κ2) is 6.19. The van der Waals surface area contributed by atoms with Crippen molar-refractivity contribution in [2.45, 2.75) is 46.6 Å². The lowest BCUT2D eigenvalue weighted by Gasteiger charge is -2.20. The number of carboxylic acids is 1. The Labute approximate surface area is 114 Å². The Kier molecular flexibility index (Phi) is 5.11. The summed E-state index contributed by atoms with van der Waals surface area (Å²) >= 11 is 0. The maximum absolute atomic E-state index is 10.9. The van der Waals surface area contributed by atoms with E-state index in [1.54, 1.807) is 13.1 Å². The van der Waals surface area contributed by atoms with Crippen molar-refractivity contribution < 1.29 is 14.3 Å². The smallest absolute Gasteiger partial charge is 0.307 e. The van der Waals surface area contributed by atoms with Crippen LogP contribution >= 0.6 is 0 Å². The number of oxazole rings is 1. The molecule has 0 saturated heterocycles. The van der Waals surface area contributed by atoms with Gasteiger partial charge >= 0.3 is 5.97 Å². The normalized spacial score (nSPS) is 13.8. The Hall–Kier alpha value is -1.36. The fourth-order valence-corrected chi connectivity index (χ4v) is 1.69. The quantitative estimate of drug-likeness (QED) is 0.858. The van der Waals surface area contributed by atoms with Gasteiger partial charge in [-0.25, -0.2) is 4.98 Å². The van der Waals surface area contributed by atoms with Crippen LogP contribution in [-0.4, -0.2) is 34.0 Å². The summed E-state index contributed by atoms with van der Waals surface area (Å²) in [6.45, 7) is 11.7. The molecule has 19 heavy (non-hydrogen) atoms. The molecular weight excluding hydrogens is 244 g/mol. The average molecular weight is 268 g/mol. The summed E-state index contributed by atoms with van der Waals surface area (Å²) in [7, 11) is 0. The van der Waals surface area contributed by atoms with E-state index >= 15 is 0 Å². The fourth-order valence-electron chi connectivity index (χ4n) is 1.69. The van der Waals surface area contributed by atoms with E-state index in [4.69, 9.17) is 9.52 Å². The zero-order valence-electron chi connectivity index (χ0n) is 12.4. The standard InChI is InChI=1S/C14H24N2O3/c1-6-16(8-10(2)13(17)18)9-12-15-7-11(19-12)14(3,4)5/h7,10H,6,8-9H2,1-5H3,(H,17,18). The van der Waals surface area contributed by atoms with Crippen LogP contribution in [0.4, 0.5) is 0 Å². The van der Waals surface area contributed by atoms with Crippen LogP contribution in [0.2, 0.25) is 0 Å². The highest BCUT2D eigenvalue weighted by Gasteiger charge is 2.21. The maximum Gasteiger partial charge on any atom is 0.307 e. The van der Waals surface area contributed by atoms with Crippen LogP contribution in [-0.2, 0) is 16.8 Å². The van der Waals surface area contributed by atoms with Crippen LogP contribution in [0, 0.1) is 5.92 Å². The van der Waals surface area contributed by atoms with Crippen LogP contribution in [0.25, 0.3) is 0 Å². The molecule has 0 aliphatic heterocycles. The minimum absolute atomic E-state index is 0.0589. The number of carboxylic acid groups (broad SMARTS) is 1. The predicted molar refractivity (Wildman–Crippen MR) is 73.0 cm³/mol. The minimum Gasteiger partial charge on any atom is -0.481 e. The van der Waals surface area contributed by atoms with Gasteiger partial charge in [0, 0.05) is 12.0 Å². The van der Waals surface area contributed by atoms with E-state index < -0.39 is 11.9 Å². The highest BCUT2D eigenvalue weighted by molar-refractivity contribution is 5.69. The highest BCUT2D eigenvalue weighted by atomic mass is 16.4. The van der Waals surface area contributed by atoms with Crippen molar-refractivity contribution in [1.82, 2.24) is 9.88 Å². The first-order valence-electron chi connectivity index (χ1n) is 6.64. The molecule has 108 valence electrons. The van der Waals surface area contributed by atoms with Crippen LogP contribution in [0.15, 0.2) is 10.6 Å². The first-order valence-corrected chi connectivity index (χ1v) is 6.64. The number of hydrogen-bond acceptors (Lipinski definition) is 4. The van der Waals surface area contributed by atoms with Crippen molar-refractivity contribution in [3.63, 3.8) is 0 Å². The molecule has 1 aromatic rings. The summed E-state index contributed by atoms with van der Waals surface area (Å²) in [5.74, 6) is 0.326. The molecule has 0 aliphatic carbocycles. The molecule has 0 spiro atoms. The van der Waals surface area contributed by atoms with Gasteiger partial charge in [-0.1, -0.05) is 34.6 Å².